The molecular formula is C22H25NO6S. The Bertz CT molecular complexity index is 1050. The highest BCUT2D eigenvalue weighted by Crippen LogP contribution is 2.39. The van der Waals surface area contributed by atoms with Gasteiger partial charge in [0.15, 0.2) is 21.3 Å². The van der Waals surface area contributed by atoms with Crippen molar-refractivity contribution in [3.8, 4) is 17.2 Å². The van der Waals surface area contributed by atoms with Crippen LogP contribution >= 0.6 is 0 Å². The van der Waals surface area contributed by atoms with Crippen LogP contribution < -0.4 is 19.1 Å². The van der Waals surface area contributed by atoms with Gasteiger partial charge in [-0.1, -0.05) is 25.1 Å². The normalized spacial score (nSPS) is 16.9. The predicted molar refractivity (Wildman–Crippen MR) is 115 cm³/mol. The molecule has 2 aromatic carbocycles. The summed E-state index contributed by atoms with van der Waals surface area (Å²) in [5.41, 5.74) is 1.91. The number of hydrogen-bond donors (Lipinski definition) is 0. The van der Waals surface area contributed by atoms with Crippen LogP contribution in [0.1, 0.15) is 22.8 Å². The molecule has 1 amide bonds. The van der Waals surface area contributed by atoms with E-state index < -0.39 is 15.9 Å². The number of nitrogens with zero attached hydrogens (tertiary/aromatic N) is 1. The average Bonchev–Trinajstić information content (AvgIpc) is 3.12. The Balaban J connectivity index is 2.15. The van der Waals surface area contributed by atoms with Gasteiger partial charge in [0.05, 0.1) is 33.1 Å². The van der Waals surface area contributed by atoms with E-state index in [1.807, 2.05) is 31.2 Å². The Kier molecular flexibility index (Phi) is 6.36. The maximum absolute atomic E-state index is 13.7. The lowest BCUT2D eigenvalue weighted by Crippen LogP contribution is -2.41. The van der Waals surface area contributed by atoms with Crippen LogP contribution in [0.2, 0.25) is 0 Å². The van der Waals surface area contributed by atoms with Crippen LogP contribution in [-0.4, -0.2) is 47.4 Å². The third-order valence-electron chi connectivity index (χ3n) is 5.01. The van der Waals surface area contributed by atoms with Crippen molar-refractivity contribution in [2.45, 2.75) is 19.4 Å². The van der Waals surface area contributed by atoms with Crippen molar-refractivity contribution >= 4 is 21.4 Å². The van der Waals surface area contributed by atoms with Crippen molar-refractivity contribution in [2.75, 3.05) is 32.0 Å². The van der Waals surface area contributed by atoms with E-state index in [4.69, 9.17) is 14.2 Å². The maximum atomic E-state index is 13.7. The Morgan fingerprint density at radius 2 is 1.70 bits per heavy atom. The molecule has 0 spiro atoms. The van der Waals surface area contributed by atoms with Gasteiger partial charge in [-0.15, -0.1) is 0 Å². The summed E-state index contributed by atoms with van der Waals surface area (Å²) in [4.78, 5) is 15.2. The summed E-state index contributed by atoms with van der Waals surface area (Å²) in [6.45, 7) is 1.99. The highest BCUT2D eigenvalue weighted by molar-refractivity contribution is 7.94. The van der Waals surface area contributed by atoms with E-state index in [0.29, 0.717) is 34.9 Å². The van der Waals surface area contributed by atoms with Gasteiger partial charge in [0.1, 0.15) is 0 Å². The van der Waals surface area contributed by atoms with Crippen molar-refractivity contribution in [3.05, 3.63) is 59.0 Å². The second kappa shape index (κ2) is 8.79. The number of benzene rings is 2. The smallest absolute Gasteiger partial charge is 0.259 e. The molecule has 0 saturated carbocycles. The fraction of sp³-hybridized carbons (Fsp3) is 0.318. The molecule has 0 fully saturated rings. The predicted octanol–water partition coefficient (Wildman–Crippen LogP) is 3.23. The van der Waals surface area contributed by atoms with Crippen LogP contribution in [0, 0.1) is 0 Å². The Labute approximate surface area is 176 Å². The van der Waals surface area contributed by atoms with Crippen LogP contribution in [-0.2, 0) is 16.3 Å². The van der Waals surface area contributed by atoms with Gasteiger partial charge in [-0.05, 0) is 36.3 Å². The molecule has 1 aliphatic rings. The highest BCUT2D eigenvalue weighted by Gasteiger charge is 2.33. The van der Waals surface area contributed by atoms with E-state index in [9.17, 15) is 13.2 Å². The van der Waals surface area contributed by atoms with E-state index in [1.54, 1.807) is 18.2 Å². The first-order valence-electron chi connectivity index (χ1n) is 9.47. The molecule has 1 heterocycles. The summed E-state index contributed by atoms with van der Waals surface area (Å²) in [7, 11) is 1.07. The van der Waals surface area contributed by atoms with Crippen LogP contribution in [0.25, 0.3) is 0 Å². The zero-order valence-electron chi connectivity index (χ0n) is 17.4. The minimum Gasteiger partial charge on any atom is -0.493 e. The molecule has 0 bridgehead atoms. The molecule has 0 N–H and O–H groups in total. The van der Waals surface area contributed by atoms with Gasteiger partial charge in [0, 0.05) is 16.7 Å². The molecule has 2 aromatic rings. The van der Waals surface area contributed by atoms with Gasteiger partial charge < -0.3 is 19.1 Å². The topological polar surface area (TPSA) is 82.1 Å². The lowest BCUT2D eigenvalue weighted by atomic mass is 10.1. The van der Waals surface area contributed by atoms with Gasteiger partial charge >= 0.3 is 0 Å². The third-order valence-corrected chi connectivity index (χ3v) is 6.38. The molecule has 1 aliphatic heterocycles. The number of sulfone groups is 1. The van der Waals surface area contributed by atoms with Gasteiger partial charge in [0.25, 0.3) is 5.91 Å². The molecule has 0 saturated heterocycles. The summed E-state index contributed by atoms with van der Waals surface area (Å²) in [6, 6.07) is 10.00. The minimum absolute atomic E-state index is 0.165. The average molecular weight is 432 g/mol. The van der Waals surface area contributed by atoms with E-state index in [-0.39, 0.29) is 11.7 Å². The Hall–Kier alpha value is -3.00. The quantitative estimate of drug-likeness (QED) is 0.669. The first-order chi connectivity index (χ1) is 14.3. The van der Waals surface area contributed by atoms with E-state index in [1.165, 1.54) is 31.6 Å². The lowest BCUT2D eigenvalue weighted by Gasteiger charge is -2.30. The van der Waals surface area contributed by atoms with Crippen molar-refractivity contribution in [3.63, 3.8) is 0 Å². The summed E-state index contributed by atoms with van der Waals surface area (Å²) in [6.07, 6.45) is 2.25. The molecule has 7 nitrogen and oxygen atoms in total. The number of para-hydroxylation sites is 1. The molecular weight excluding hydrogens is 406 g/mol. The van der Waals surface area contributed by atoms with Crippen LogP contribution in [0.4, 0.5) is 5.69 Å². The van der Waals surface area contributed by atoms with Crippen molar-refractivity contribution < 1.29 is 27.4 Å². The first kappa shape index (κ1) is 21.7. The number of aryl methyl sites for hydroxylation is 1. The molecule has 0 aliphatic carbocycles. The van der Waals surface area contributed by atoms with Crippen LogP contribution in [0.15, 0.2) is 47.9 Å². The van der Waals surface area contributed by atoms with Crippen LogP contribution in [0.3, 0.4) is 0 Å². The fourth-order valence-corrected chi connectivity index (χ4v) is 4.82. The number of ether oxygens (including phenoxy) is 3. The number of rotatable bonds is 7. The lowest BCUT2D eigenvalue weighted by molar-refractivity contribution is 0.0982. The fourth-order valence-electron chi connectivity index (χ4n) is 3.55. The minimum atomic E-state index is -3.36. The maximum Gasteiger partial charge on any atom is 0.259 e. The van der Waals surface area contributed by atoms with Crippen molar-refractivity contribution in [1.29, 1.82) is 0 Å². The number of carbonyl (C=O) groups is 1. The highest BCUT2D eigenvalue weighted by atomic mass is 32.2. The number of carbonyl (C=O) groups excluding carboxylic acids is 1. The number of hydrogen-bond acceptors (Lipinski definition) is 6. The van der Waals surface area contributed by atoms with Crippen molar-refractivity contribution in [2.24, 2.45) is 0 Å². The Morgan fingerprint density at radius 3 is 2.20 bits per heavy atom. The number of amides is 1. The molecule has 1 atom stereocenters. The molecule has 30 heavy (non-hydrogen) atoms. The zero-order valence-corrected chi connectivity index (χ0v) is 18.2. The first-order valence-corrected chi connectivity index (χ1v) is 11.2. The summed E-state index contributed by atoms with van der Waals surface area (Å²) >= 11 is 0. The number of methoxy groups -OCH3 is 3. The second-order valence-electron chi connectivity index (χ2n) is 6.80. The monoisotopic (exact) mass is 431 g/mol. The van der Waals surface area contributed by atoms with Crippen LogP contribution in [0.5, 0.6) is 17.2 Å². The SMILES string of the molecule is CCc1ccccc1N(C(=O)c1cc(OC)c(OC)c(OC)c1)C1C=CS(=O)(=O)C1. The summed E-state index contributed by atoms with van der Waals surface area (Å²) in [5.74, 6) is 0.542. The van der Waals surface area contributed by atoms with Crippen molar-refractivity contribution in [1.82, 2.24) is 0 Å². The van der Waals surface area contributed by atoms with Gasteiger partial charge in [0.2, 0.25) is 5.75 Å². The molecule has 0 radical (unpaired) electrons. The molecule has 3 rings (SSSR count). The zero-order chi connectivity index (χ0) is 21.9. The third kappa shape index (κ3) is 4.14. The van der Waals surface area contributed by atoms with Gasteiger partial charge in [-0.3, -0.25) is 4.79 Å². The largest absolute Gasteiger partial charge is 0.493 e. The Morgan fingerprint density at radius 1 is 1.07 bits per heavy atom. The molecule has 0 aromatic heterocycles. The molecule has 1 unspecified atom stereocenters. The van der Waals surface area contributed by atoms with E-state index >= 15 is 0 Å². The summed E-state index contributed by atoms with van der Waals surface area (Å²) < 4.78 is 40.3. The molecule has 160 valence electrons. The van der Waals surface area contributed by atoms with Gasteiger partial charge in [-0.25, -0.2) is 8.42 Å². The second-order valence-corrected chi connectivity index (χ2v) is 8.73. The number of anilines is 1. The summed E-state index contributed by atoms with van der Waals surface area (Å²) in [5, 5.41) is 1.17. The van der Waals surface area contributed by atoms with E-state index in [0.717, 1.165) is 5.56 Å². The standard InChI is InChI=1S/C22H25NO6S/c1-5-15-8-6-7-9-18(15)23(17-10-11-30(25,26)14-17)22(24)16-12-19(27-2)21(29-4)20(13-16)28-3/h6-13,17H,5,14H2,1-4H3. The molecule has 8 heteroatoms. The van der Waals surface area contributed by atoms with Gasteiger partial charge in [-0.2, -0.15) is 0 Å². The van der Waals surface area contributed by atoms with E-state index in [2.05, 4.69) is 0 Å².